The molecule has 17 heteroatoms. The predicted octanol–water partition coefficient (Wildman–Crippen LogP) is 6.09. The summed E-state index contributed by atoms with van der Waals surface area (Å²) in [6.07, 6.45) is 5.15. The summed E-state index contributed by atoms with van der Waals surface area (Å²) in [6.45, 7) is 17.0. The lowest BCUT2D eigenvalue weighted by Crippen LogP contribution is -2.59. The third kappa shape index (κ3) is 11.5. The number of nitrogens with two attached hydrogens (primary N) is 1. The van der Waals surface area contributed by atoms with E-state index in [-0.39, 0.29) is 61.0 Å². The summed E-state index contributed by atoms with van der Waals surface area (Å²) in [5.41, 5.74) is 17.6. The minimum Gasteiger partial charge on any atom is -0.508 e. The highest BCUT2D eigenvalue weighted by molar-refractivity contribution is 5.95. The summed E-state index contributed by atoms with van der Waals surface area (Å²) in [5, 5.41) is 21.9. The number of nitroso groups, excluding NO2 is 1. The van der Waals surface area contributed by atoms with E-state index >= 15 is 0 Å². The first kappa shape index (κ1) is 53.6. The first-order valence-corrected chi connectivity index (χ1v) is 27.0. The predicted molar refractivity (Wildman–Crippen MR) is 288 cm³/mol. The summed E-state index contributed by atoms with van der Waals surface area (Å²) >= 11 is 0. The van der Waals surface area contributed by atoms with Gasteiger partial charge in [-0.2, -0.15) is 0 Å². The number of aryl methyl sites for hydroxylation is 1. The molecule has 8 atom stereocenters. The van der Waals surface area contributed by atoms with E-state index in [1.807, 2.05) is 57.2 Å². The number of hydrogen-bond acceptors (Lipinski definition) is 12. The molecule has 1 unspecified atom stereocenters. The number of piperazine rings is 1. The van der Waals surface area contributed by atoms with Crippen LogP contribution in [-0.4, -0.2) is 138 Å². The van der Waals surface area contributed by atoms with Crippen LogP contribution in [0.1, 0.15) is 82.7 Å². The quantitative estimate of drug-likeness (QED) is 0.0422. The number of nitrogens with one attached hydrogen (secondary N) is 3. The second-order valence-electron chi connectivity index (χ2n) is 22.5. The molecule has 4 aliphatic heterocycles. The standard InChI is InChI=1S/C58H77N9O8/c1-9-65-49-16-15-39-29-47(49)48(53(65)45(50(59)36(4)73-8)17-21-64-22-19-60-20-23-64)31-58(5,6)34-75-57(71)51-46-30-42(46)33-66(62-51)55(70)41(26-37-25-40(39)28-43(68)27-37)32-61-54(69)52(35(2)3)63(7)67(72)56-44(18-24-74-56)38-13-11-10-12-14-38/h10-17,21,25,27-29,35-36,41-42,44,46,51-52,56,60,62H,9,18-20,22-24,26,30-34,59H2,1-8H3,(H-,61,68,69)/p+1/b21-17?,50-45+/t36-,41+,42?,44+,46-,51-,52-,56+/m0/s1. The number of esters is 1. The van der Waals surface area contributed by atoms with Crippen molar-refractivity contribution in [2.24, 2.45) is 34.8 Å². The Morgan fingerprint density at radius 3 is 2.55 bits per heavy atom. The molecule has 1 aromatic heterocycles. The molecule has 75 heavy (non-hydrogen) atoms. The number of likely N-dealkylation sites (N-methyl/N-ethyl adjacent to an activating group) is 1. The normalized spacial score (nSPS) is 25.1. The van der Waals surface area contributed by atoms with E-state index in [1.54, 1.807) is 26.3 Å². The van der Waals surface area contributed by atoms with Gasteiger partial charge in [0, 0.05) is 80.5 Å². The van der Waals surface area contributed by atoms with Crippen LogP contribution >= 0.6 is 0 Å². The summed E-state index contributed by atoms with van der Waals surface area (Å²) in [6, 6.07) is 19.9. The van der Waals surface area contributed by atoms with Crippen LogP contribution in [0.3, 0.4) is 0 Å². The number of rotatable bonds is 14. The molecule has 402 valence electrons. The second-order valence-corrected chi connectivity index (χ2v) is 22.5. The molecule has 6 bridgehead atoms. The number of benzene rings is 3. The fourth-order valence-electron chi connectivity index (χ4n) is 11.9. The molecule has 4 aromatic rings. The number of phenols is 1. The van der Waals surface area contributed by atoms with Crippen molar-refractivity contribution in [3.8, 4) is 16.9 Å². The lowest BCUT2D eigenvalue weighted by molar-refractivity contribution is -0.763. The van der Waals surface area contributed by atoms with Gasteiger partial charge in [0.15, 0.2) is 10.9 Å². The van der Waals surface area contributed by atoms with Crippen molar-refractivity contribution < 1.29 is 38.6 Å². The van der Waals surface area contributed by atoms with Crippen LogP contribution in [0.15, 0.2) is 84.7 Å². The third-order valence-electron chi connectivity index (χ3n) is 16.1. The van der Waals surface area contributed by atoms with Crippen molar-refractivity contribution in [2.45, 2.75) is 104 Å². The first-order chi connectivity index (χ1) is 36.0. The molecular formula is C58H78N9O8+. The third-order valence-corrected chi connectivity index (χ3v) is 16.1. The van der Waals surface area contributed by atoms with E-state index in [0.717, 1.165) is 81.9 Å². The highest BCUT2D eigenvalue weighted by Gasteiger charge is 2.53. The van der Waals surface area contributed by atoms with E-state index in [9.17, 15) is 24.4 Å². The fourth-order valence-corrected chi connectivity index (χ4v) is 11.9. The number of hydrazine groups is 2. The van der Waals surface area contributed by atoms with Crippen LogP contribution in [0.2, 0.25) is 0 Å². The van der Waals surface area contributed by atoms with Crippen LogP contribution in [0.4, 0.5) is 0 Å². The zero-order valence-electron chi connectivity index (χ0n) is 45.0. The maximum Gasteiger partial charge on any atom is 0.344 e. The molecule has 3 saturated heterocycles. The number of nitrogens with zero attached hydrogens (tertiary/aromatic N) is 5. The number of carbonyl (C=O) groups is 3. The Kier molecular flexibility index (Phi) is 16.1. The van der Waals surface area contributed by atoms with Crippen molar-refractivity contribution in [2.75, 3.05) is 66.6 Å². The number of ether oxygens (including phenoxy) is 3. The van der Waals surface area contributed by atoms with Crippen LogP contribution < -0.4 is 21.8 Å². The van der Waals surface area contributed by atoms with Crippen molar-refractivity contribution in [3.05, 3.63) is 112 Å². The average molecular weight is 1030 g/mol. The van der Waals surface area contributed by atoms with Crippen molar-refractivity contribution in [1.29, 1.82) is 0 Å². The lowest BCUT2D eigenvalue weighted by Gasteiger charge is -2.35. The Morgan fingerprint density at radius 1 is 1.07 bits per heavy atom. The maximum atomic E-state index is 15.0. The zero-order chi connectivity index (χ0) is 53.3. The fraction of sp³-hybridized carbons (Fsp3) is 0.534. The summed E-state index contributed by atoms with van der Waals surface area (Å²) in [4.78, 5) is 61.0. The number of aromatic nitrogens is 1. The molecule has 5 aliphatic rings. The van der Waals surface area contributed by atoms with Gasteiger partial charge < -0.3 is 45.2 Å². The largest absolute Gasteiger partial charge is 0.508 e. The van der Waals surface area contributed by atoms with Crippen molar-refractivity contribution in [1.82, 2.24) is 35.5 Å². The Hall–Kier alpha value is -6.27. The van der Waals surface area contributed by atoms with Gasteiger partial charge in [-0.25, -0.2) is 5.43 Å². The topological polar surface area (TPSA) is 196 Å². The van der Waals surface area contributed by atoms with Gasteiger partial charge in [-0.1, -0.05) is 70.2 Å². The van der Waals surface area contributed by atoms with Gasteiger partial charge in [-0.3, -0.25) is 19.4 Å². The van der Waals surface area contributed by atoms with Gasteiger partial charge in [0.2, 0.25) is 11.8 Å². The van der Waals surface area contributed by atoms with Gasteiger partial charge in [-0.15, -0.1) is 5.01 Å². The number of amides is 2. The van der Waals surface area contributed by atoms with E-state index in [4.69, 9.17) is 19.9 Å². The Balaban J connectivity index is 1.09. The number of hydrogen-bond donors (Lipinski definition) is 5. The lowest BCUT2D eigenvalue weighted by atomic mass is 9.84. The average Bonchev–Trinajstić information content (AvgIpc) is 3.93. The van der Waals surface area contributed by atoms with Gasteiger partial charge in [0.05, 0.1) is 48.8 Å². The minimum absolute atomic E-state index is 0.0122. The number of fused-ring (bicyclic) bond motifs is 8. The Bertz CT molecular complexity index is 2820. The number of allylic oxidation sites excluding steroid dienone is 2. The molecule has 6 N–H and O–H groups in total. The molecule has 3 aromatic carbocycles. The number of methoxy groups -OCH3 is 1. The number of cyclic esters (lactones) is 1. The molecule has 9 rings (SSSR count). The first-order valence-electron chi connectivity index (χ1n) is 27.0. The Labute approximate surface area is 441 Å². The zero-order valence-corrected chi connectivity index (χ0v) is 45.0. The van der Waals surface area contributed by atoms with Crippen molar-refractivity contribution >= 4 is 34.3 Å². The van der Waals surface area contributed by atoms with Gasteiger partial charge in [0.25, 0.3) is 0 Å². The van der Waals surface area contributed by atoms with Crippen molar-refractivity contribution in [3.63, 3.8) is 0 Å². The molecule has 0 radical (unpaired) electrons. The Morgan fingerprint density at radius 2 is 1.83 bits per heavy atom. The van der Waals surface area contributed by atoms with E-state index in [2.05, 4.69) is 76.8 Å². The summed E-state index contributed by atoms with van der Waals surface area (Å²) < 4.78 is 20.5. The second kappa shape index (κ2) is 22.5. The summed E-state index contributed by atoms with van der Waals surface area (Å²) in [5.74, 6) is -2.30. The molecule has 4 fully saturated rings. The monoisotopic (exact) mass is 1030 g/mol. The van der Waals surface area contributed by atoms with E-state index in [0.29, 0.717) is 43.8 Å². The van der Waals surface area contributed by atoms with Crippen LogP contribution in [0.25, 0.3) is 27.6 Å². The molecule has 17 nitrogen and oxygen atoms in total. The molecular weight excluding hydrogens is 951 g/mol. The van der Waals surface area contributed by atoms with Crippen LogP contribution in [0.5, 0.6) is 5.75 Å². The number of aromatic hydroxyl groups is 1. The highest BCUT2D eigenvalue weighted by Crippen LogP contribution is 2.46. The number of carbonyl (C=O) groups excluding carboxylic acids is 3. The van der Waals surface area contributed by atoms with Gasteiger partial charge in [-0.05, 0) is 122 Å². The number of phenolic OH excluding ortho intramolecular Hbond substituents is 1. The van der Waals surface area contributed by atoms with Gasteiger partial charge >= 0.3 is 12.2 Å². The molecule has 1 aliphatic carbocycles. The van der Waals surface area contributed by atoms with Crippen LogP contribution in [-0.2, 0) is 48.0 Å². The highest BCUT2D eigenvalue weighted by atomic mass is 16.5. The molecule has 5 heterocycles. The molecule has 1 saturated carbocycles. The van der Waals surface area contributed by atoms with Crippen LogP contribution in [0, 0.1) is 34.0 Å². The summed E-state index contributed by atoms with van der Waals surface area (Å²) in [7, 11) is 3.27. The van der Waals surface area contributed by atoms with Gasteiger partial charge in [0.1, 0.15) is 11.8 Å². The smallest absolute Gasteiger partial charge is 0.344 e. The minimum atomic E-state index is -0.897. The van der Waals surface area contributed by atoms with E-state index < -0.39 is 41.5 Å². The van der Waals surface area contributed by atoms with E-state index in [1.165, 1.54) is 10.0 Å². The molecule has 0 spiro atoms. The molecule has 2 amide bonds. The maximum absolute atomic E-state index is 15.0. The SMILES string of the molecule is CCn1c(/C(C=CN2CCNCC2)=C(/N)[C@H](C)OC)c2c3cc(ccc31)-c1cc(O)cc(c1)C[C@H](CNC(=O)[C@H](C(C)C)N(C)[N+](=O)[C@@H]1OCC[C@@H]1c1ccccc1)C(=O)N1CC3C[C@@H]3[C@H](N1)C(=O)OCC(C)(C)C2.